The van der Waals surface area contributed by atoms with Crippen LogP contribution in [0.4, 0.5) is 9.59 Å². The number of nitrogens with one attached hydrogen (secondary N) is 4. The number of hydrogen-bond donors (Lipinski definition) is 4. The van der Waals surface area contributed by atoms with Crippen LogP contribution in [-0.4, -0.2) is 98.4 Å². The molecule has 15 nitrogen and oxygen atoms in total. The van der Waals surface area contributed by atoms with Crippen LogP contribution in [0.3, 0.4) is 0 Å². The number of methoxy groups -OCH3 is 2. The summed E-state index contributed by atoms with van der Waals surface area (Å²) in [7, 11) is 2.59. The largest absolute Gasteiger partial charge is 0.453 e. The van der Waals surface area contributed by atoms with E-state index in [4.69, 9.17) is 19.4 Å². The third-order valence-corrected chi connectivity index (χ3v) is 14.8. The Morgan fingerprint density at radius 3 is 2.03 bits per heavy atom. The number of carbonyl (C=O) groups is 5. The highest BCUT2D eigenvalue weighted by atomic mass is 16.5. The van der Waals surface area contributed by atoms with Crippen molar-refractivity contribution in [2.24, 2.45) is 23.2 Å². The number of nitrogens with zero attached hydrogens (tertiary/aromatic N) is 4. The molecule has 5 aliphatic rings. The van der Waals surface area contributed by atoms with Crippen LogP contribution in [0.2, 0.25) is 0 Å². The van der Waals surface area contributed by atoms with Crippen LogP contribution in [0.1, 0.15) is 112 Å². The maximum Gasteiger partial charge on any atom is 0.407 e. The summed E-state index contributed by atoms with van der Waals surface area (Å²) in [6.45, 7) is 8.28. The van der Waals surface area contributed by atoms with Crippen LogP contribution in [0.5, 0.6) is 0 Å². The Kier molecular flexibility index (Phi) is 10.6. The fourth-order valence-electron chi connectivity index (χ4n) is 11.0. The van der Waals surface area contributed by atoms with E-state index in [9.17, 15) is 24.0 Å². The van der Waals surface area contributed by atoms with Gasteiger partial charge in [0, 0.05) is 29.3 Å². The van der Waals surface area contributed by atoms with Crippen LogP contribution in [0.15, 0.2) is 60.8 Å². The molecule has 2 saturated carbocycles. The van der Waals surface area contributed by atoms with Gasteiger partial charge in [-0.1, -0.05) is 58.0 Å². The lowest BCUT2D eigenvalue weighted by atomic mass is 9.90. The number of fused-ring (bicyclic) bond motifs is 6. The summed E-state index contributed by atoms with van der Waals surface area (Å²) < 4.78 is 9.69. The lowest BCUT2D eigenvalue weighted by Crippen LogP contribution is -2.55. The summed E-state index contributed by atoms with van der Waals surface area (Å²) in [6, 6.07) is 16.1. The van der Waals surface area contributed by atoms with E-state index in [-0.39, 0.29) is 53.0 Å². The van der Waals surface area contributed by atoms with Gasteiger partial charge in [-0.25, -0.2) is 19.6 Å². The van der Waals surface area contributed by atoms with Crippen molar-refractivity contribution in [2.75, 3.05) is 20.8 Å². The minimum absolute atomic E-state index is 0.0532. The number of alkyl carbamates (subject to hydrolysis) is 2. The van der Waals surface area contributed by atoms with Gasteiger partial charge < -0.3 is 39.9 Å². The van der Waals surface area contributed by atoms with E-state index in [1.54, 1.807) is 6.20 Å². The van der Waals surface area contributed by atoms with E-state index in [0.717, 1.165) is 95.3 Å². The van der Waals surface area contributed by atoms with Gasteiger partial charge in [0.15, 0.2) is 5.78 Å². The highest BCUT2D eigenvalue weighted by Gasteiger charge is 2.55. The summed E-state index contributed by atoms with van der Waals surface area (Å²) in [4.78, 5) is 87.6. The molecule has 2 aromatic heterocycles. The van der Waals surface area contributed by atoms with Crippen LogP contribution < -0.4 is 10.6 Å². The maximum absolute atomic E-state index is 14.2. The molecule has 15 heteroatoms. The Bertz CT molecular complexity index is 2750. The Labute approximate surface area is 377 Å². The number of amides is 4. The molecule has 10 rings (SSSR count). The zero-order valence-electron chi connectivity index (χ0n) is 37.7. The standard InChI is InChI=1S/C50H56N8O7/c1-25(2)41(55-48(62)64-5)46(60)57-24-50(15-16-50)22-40(57)44-51-23-38(54-44)30-9-13-33-32-12-8-28(19-34(32)43(59)35(33)20-30)29-10-14-36-37(21-29)53-45(52-36)39-18-27-7-11-31(17-27)58(39)47(61)42(26(3)4)56-49(63)65-6/h8-10,12-14,19-21,23,25-27,31,39-42H,7,11,15-18,22,24H2,1-6H3,(H,51,54)(H,52,53)(H,55,62)(H,56,63). The Balaban J connectivity index is 0.884. The summed E-state index contributed by atoms with van der Waals surface area (Å²) in [6.07, 6.45) is 7.12. The van der Waals surface area contributed by atoms with Crippen molar-refractivity contribution < 1.29 is 33.4 Å². The minimum atomic E-state index is -0.728. The summed E-state index contributed by atoms with van der Waals surface area (Å²) in [5.41, 5.74) is 8.09. The molecular weight excluding hydrogens is 825 g/mol. The van der Waals surface area contributed by atoms with Gasteiger partial charge in [0.05, 0.1) is 49.2 Å². The molecule has 6 unspecified atom stereocenters. The number of aromatic nitrogens is 4. The number of hydrogen-bond acceptors (Lipinski definition) is 9. The number of H-pyrrole nitrogens is 2. The van der Waals surface area contributed by atoms with Crippen molar-refractivity contribution in [3.63, 3.8) is 0 Å². The molecule has 4 heterocycles. The molecule has 2 aliphatic heterocycles. The fourth-order valence-corrected chi connectivity index (χ4v) is 11.0. The molecule has 2 bridgehead atoms. The van der Waals surface area contributed by atoms with Gasteiger partial charge in [0.2, 0.25) is 11.8 Å². The van der Waals surface area contributed by atoms with Gasteiger partial charge in [-0.3, -0.25) is 14.4 Å². The van der Waals surface area contributed by atoms with Crippen LogP contribution in [0.25, 0.3) is 44.5 Å². The number of piperidine rings is 1. The molecule has 5 aromatic rings. The molecule has 0 radical (unpaired) electrons. The lowest BCUT2D eigenvalue weighted by Gasteiger charge is -2.42. The number of aromatic amines is 2. The first-order valence-electron chi connectivity index (χ1n) is 22.9. The van der Waals surface area contributed by atoms with E-state index in [1.165, 1.54) is 14.2 Å². The van der Waals surface area contributed by atoms with Gasteiger partial charge in [0.1, 0.15) is 23.7 Å². The zero-order valence-corrected chi connectivity index (χ0v) is 37.7. The second-order valence-electron chi connectivity index (χ2n) is 19.6. The molecule has 4 amide bonds. The van der Waals surface area contributed by atoms with Crippen LogP contribution in [-0.2, 0) is 19.1 Å². The quantitative estimate of drug-likeness (QED) is 0.105. The van der Waals surface area contributed by atoms with E-state index in [1.807, 2.05) is 86.0 Å². The van der Waals surface area contributed by atoms with E-state index >= 15 is 0 Å². The van der Waals surface area contributed by atoms with Crippen molar-refractivity contribution in [1.82, 2.24) is 40.4 Å². The number of benzene rings is 3. The molecule has 1 spiro atoms. The van der Waals surface area contributed by atoms with E-state index < -0.39 is 24.3 Å². The Hall–Kier alpha value is -6.51. The average molecular weight is 881 g/mol. The number of likely N-dealkylation sites (tertiary alicyclic amines) is 2. The average Bonchev–Trinajstić information content (AvgIpc) is 3.82. The first-order valence-corrected chi connectivity index (χ1v) is 22.9. The fraction of sp³-hybridized carbons (Fsp3) is 0.460. The van der Waals surface area contributed by atoms with Gasteiger partial charge in [-0.15, -0.1) is 0 Å². The monoisotopic (exact) mass is 880 g/mol. The first-order chi connectivity index (χ1) is 31.2. The van der Waals surface area contributed by atoms with Crippen molar-refractivity contribution in [3.05, 3.63) is 83.6 Å². The van der Waals surface area contributed by atoms with Crippen molar-refractivity contribution >= 4 is 40.8 Å². The Morgan fingerprint density at radius 2 is 1.37 bits per heavy atom. The van der Waals surface area contributed by atoms with Crippen molar-refractivity contribution in [1.29, 1.82) is 0 Å². The Morgan fingerprint density at radius 1 is 0.738 bits per heavy atom. The second kappa shape index (κ2) is 16.2. The molecule has 4 N–H and O–H groups in total. The van der Waals surface area contributed by atoms with Crippen LogP contribution in [0, 0.1) is 23.2 Å². The molecule has 6 atom stereocenters. The second-order valence-corrected chi connectivity index (χ2v) is 19.6. The number of carbonyl (C=O) groups excluding carboxylic acids is 5. The molecule has 338 valence electrons. The van der Waals surface area contributed by atoms with E-state index in [0.29, 0.717) is 29.4 Å². The SMILES string of the molecule is COC(=O)NC(C(=O)N1CC2(CC2)CC1c1ncc(-c2ccc3c(c2)C(=O)c2cc(-c4ccc5nc(C6CC7CCC(C7)N6C(=O)C(NC(=O)OC)C(C)C)[nH]c5c4)ccc2-3)[nH]1)C(C)C. The van der Waals surface area contributed by atoms with Gasteiger partial charge in [0.25, 0.3) is 0 Å². The molecule has 65 heavy (non-hydrogen) atoms. The lowest BCUT2D eigenvalue weighted by molar-refractivity contribution is -0.141. The predicted octanol–water partition coefficient (Wildman–Crippen LogP) is 8.09. The minimum Gasteiger partial charge on any atom is -0.453 e. The number of ketones is 1. The smallest absolute Gasteiger partial charge is 0.407 e. The molecule has 3 aliphatic carbocycles. The predicted molar refractivity (Wildman–Crippen MR) is 242 cm³/mol. The first kappa shape index (κ1) is 42.4. The molecule has 2 saturated heterocycles. The van der Waals surface area contributed by atoms with Gasteiger partial charge >= 0.3 is 12.2 Å². The molecule has 4 fully saturated rings. The maximum atomic E-state index is 14.2. The summed E-state index contributed by atoms with van der Waals surface area (Å²) in [5, 5.41) is 5.52. The highest BCUT2D eigenvalue weighted by molar-refractivity contribution is 6.22. The zero-order chi connectivity index (χ0) is 45.5. The summed E-state index contributed by atoms with van der Waals surface area (Å²) in [5.74, 6) is 1.33. The van der Waals surface area contributed by atoms with Crippen molar-refractivity contribution in [3.8, 4) is 33.5 Å². The number of rotatable bonds is 10. The normalized spacial score (nSPS) is 22.3. The van der Waals surface area contributed by atoms with E-state index in [2.05, 4.69) is 26.7 Å². The molecule has 3 aromatic carbocycles. The van der Waals surface area contributed by atoms with Gasteiger partial charge in [-0.2, -0.15) is 0 Å². The third-order valence-electron chi connectivity index (χ3n) is 14.8. The van der Waals surface area contributed by atoms with Gasteiger partial charge in [-0.05, 0) is 115 Å². The highest BCUT2D eigenvalue weighted by Crippen LogP contribution is 2.58. The number of ether oxygens (including phenoxy) is 2. The molecular formula is C50H56N8O7. The van der Waals surface area contributed by atoms with Crippen molar-refractivity contribution in [2.45, 2.75) is 103 Å². The summed E-state index contributed by atoms with van der Waals surface area (Å²) >= 11 is 0. The number of imidazole rings is 2. The topological polar surface area (TPSA) is 192 Å². The van der Waals surface area contributed by atoms with Crippen LogP contribution >= 0.6 is 0 Å². The third kappa shape index (κ3) is 7.51.